The Hall–Kier alpha value is -2.14. The molecular weight excluding hydrogens is 587 g/mol. The summed E-state index contributed by atoms with van der Waals surface area (Å²) in [6.07, 6.45) is 10.9. The molecule has 12 heteroatoms. The van der Waals surface area contributed by atoms with Crippen LogP contribution in [-0.4, -0.2) is 83.2 Å². The summed E-state index contributed by atoms with van der Waals surface area (Å²) in [4.78, 5) is 47.1. The largest absolute Gasteiger partial charge is 0.459 e. The Bertz CT molecular complexity index is 759. The summed E-state index contributed by atoms with van der Waals surface area (Å²) in [5, 5.41) is 26.2. The van der Waals surface area contributed by atoms with E-state index in [4.69, 9.17) is 32.7 Å². The number of rotatable bonds is 25. The standard InChI is InChI=1S/C30H50Cl2N2O8/c1-3-5-7-15-25(41-29(39)21-31)23(35)13-9-11-17-27(37)33-19-20-34-28(38)18-12-10-14-24(36)26(16-8-6-4-2)42-30(40)22-32/h9-12,23-26,35-36H,3-8,13-22H2,1-2H3,(H,33,37)(H,34,38)/b11-9+,12-10+. The molecule has 0 aliphatic carbocycles. The molecule has 4 atom stereocenters. The molecule has 0 saturated heterocycles. The molecule has 4 N–H and O–H groups in total. The zero-order valence-corrected chi connectivity index (χ0v) is 26.5. The number of nitrogens with one attached hydrogen (secondary N) is 2. The van der Waals surface area contributed by atoms with Gasteiger partial charge in [-0.25, -0.2) is 0 Å². The SMILES string of the molecule is CCCCCC(OC(=O)CCl)C(O)C/C=C/CC(=O)NCCNC(=O)C/C=C/CC(O)C(CCCCC)OC(=O)CCl. The van der Waals surface area contributed by atoms with Crippen LogP contribution in [0.3, 0.4) is 0 Å². The fraction of sp³-hybridized carbons (Fsp3) is 0.733. The van der Waals surface area contributed by atoms with Gasteiger partial charge in [0.15, 0.2) is 0 Å². The van der Waals surface area contributed by atoms with Gasteiger partial charge in [0.2, 0.25) is 11.8 Å². The van der Waals surface area contributed by atoms with Gasteiger partial charge in [0, 0.05) is 25.9 Å². The van der Waals surface area contributed by atoms with Crippen LogP contribution in [0.4, 0.5) is 0 Å². The number of halogens is 2. The third-order valence-corrected chi connectivity index (χ3v) is 6.73. The molecule has 0 aromatic heterocycles. The predicted octanol–water partition coefficient (Wildman–Crippen LogP) is 4.08. The molecule has 0 rings (SSSR count). The highest BCUT2D eigenvalue weighted by atomic mass is 35.5. The lowest BCUT2D eigenvalue weighted by molar-refractivity contribution is -0.153. The third-order valence-electron chi connectivity index (χ3n) is 6.29. The number of aliphatic hydroxyl groups excluding tert-OH is 2. The van der Waals surface area contributed by atoms with E-state index < -0.39 is 36.4 Å². The number of hydrogen-bond donors (Lipinski definition) is 4. The van der Waals surface area contributed by atoms with E-state index in [-0.39, 0.29) is 62.3 Å². The van der Waals surface area contributed by atoms with Crippen molar-refractivity contribution in [1.29, 1.82) is 0 Å². The van der Waals surface area contributed by atoms with Crippen LogP contribution in [0.15, 0.2) is 24.3 Å². The number of carbonyl (C=O) groups excluding carboxylic acids is 4. The van der Waals surface area contributed by atoms with Gasteiger partial charge in [0.05, 0.1) is 12.2 Å². The zero-order chi connectivity index (χ0) is 31.6. The van der Waals surface area contributed by atoms with Crippen molar-refractivity contribution >= 4 is 47.0 Å². The van der Waals surface area contributed by atoms with Gasteiger partial charge < -0.3 is 30.3 Å². The smallest absolute Gasteiger partial charge is 0.321 e. The summed E-state index contributed by atoms with van der Waals surface area (Å²) in [6.45, 7) is 4.62. The molecule has 42 heavy (non-hydrogen) atoms. The molecule has 0 fully saturated rings. The molecule has 4 unspecified atom stereocenters. The summed E-state index contributed by atoms with van der Waals surface area (Å²) in [5.74, 6) is -2.17. The number of unbranched alkanes of at least 4 members (excludes halogenated alkanes) is 4. The lowest BCUT2D eigenvalue weighted by Gasteiger charge is -2.22. The Kier molecular flexibility index (Phi) is 25.1. The second kappa shape index (κ2) is 26.5. The lowest BCUT2D eigenvalue weighted by Crippen LogP contribution is -2.34. The Balaban J connectivity index is 4.27. The van der Waals surface area contributed by atoms with Crippen LogP contribution in [0.1, 0.15) is 90.9 Å². The van der Waals surface area contributed by atoms with E-state index in [1.807, 2.05) is 0 Å². The fourth-order valence-corrected chi connectivity index (χ4v) is 4.08. The van der Waals surface area contributed by atoms with Crippen molar-refractivity contribution in [1.82, 2.24) is 10.6 Å². The number of amides is 2. The topological polar surface area (TPSA) is 151 Å². The number of aliphatic hydroxyl groups is 2. The summed E-state index contributed by atoms with van der Waals surface area (Å²) in [7, 11) is 0. The van der Waals surface area contributed by atoms with Crippen LogP contribution in [0, 0.1) is 0 Å². The fourth-order valence-electron chi connectivity index (χ4n) is 3.96. The monoisotopic (exact) mass is 636 g/mol. The molecular formula is C30H50Cl2N2O8. The van der Waals surface area contributed by atoms with Crippen molar-refractivity contribution in [3.63, 3.8) is 0 Å². The maximum Gasteiger partial charge on any atom is 0.321 e. The summed E-state index contributed by atoms with van der Waals surface area (Å²) in [5.41, 5.74) is 0. The normalized spacial score (nSPS) is 14.3. The lowest BCUT2D eigenvalue weighted by atomic mass is 10.0. The maximum atomic E-state index is 12.0. The van der Waals surface area contributed by atoms with E-state index in [1.54, 1.807) is 24.3 Å². The highest BCUT2D eigenvalue weighted by Crippen LogP contribution is 2.16. The zero-order valence-electron chi connectivity index (χ0n) is 25.0. The Labute approximate surface area is 260 Å². The molecule has 0 bridgehead atoms. The minimum absolute atomic E-state index is 0.105. The molecule has 0 aromatic carbocycles. The van der Waals surface area contributed by atoms with Gasteiger partial charge >= 0.3 is 11.9 Å². The molecule has 10 nitrogen and oxygen atoms in total. The van der Waals surface area contributed by atoms with Crippen molar-refractivity contribution < 1.29 is 38.9 Å². The predicted molar refractivity (Wildman–Crippen MR) is 164 cm³/mol. The van der Waals surface area contributed by atoms with Crippen molar-refractivity contribution in [2.75, 3.05) is 24.8 Å². The van der Waals surface area contributed by atoms with Crippen LogP contribution in [-0.2, 0) is 28.7 Å². The first-order valence-corrected chi connectivity index (χ1v) is 16.0. The average Bonchev–Trinajstić information content (AvgIpc) is 2.98. The molecule has 0 radical (unpaired) electrons. The number of esters is 2. The highest BCUT2D eigenvalue weighted by Gasteiger charge is 2.23. The van der Waals surface area contributed by atoms with Gasteiger partial charge in [0.1, 0.15) is 24.0 Å². The number of hydrogen-bond acceptors (Lipinski definition) is 8. The molecule has 0 aromatic rings. The maximum absolute atomic E-state index is 12.0. The number of alkyl halides is 2. The summed E-state index contributed by atoms with van der Waals surface area (Å²) < 4.78 is 10.5. The first kappa shape index (κ1) is 39.9. The Morgan fingerprint density at radius 2 is 1.05 bits per heavy atom. The third kappa shape index (κ3) is 21.5. The van der Waals surface area contributed by atoms with Gasteiger partial charge in [-0.1, -0.05) is 63.8 Å². The van der Waals surface area contributed by atoms with E-state index in [0.29, 0.717) is 12.8 Å². The molecule has 0 heterocycles. The Morgan fingerprint density at radius 3 is 1.38 bits per heavy atom. The van der Waals surface area contributed by atoms with Crippen LogP contribution in [0.25, 0.3) is 0 Å². The van der Waals surface area contributed by atoms with Gasteiger partial charge in [-0.05, 0) is 38.5 Å². The number of ether oxygens (including phenoxy) is 2. The number of carbonyl (C=O) groups is 4. The van der Waals surface area contributed by atoms with E-state index in [1.165, 1.54) is 0 Å². The highest BCUT2D eigenvalue weighted by molar-refractivity contribution is 6.26. The van der Waals surface area contributed by atoms with Crippen LogP contribution in [0.5, 0.6) is 0 Å². The van der Waals surface area contributed by atoms with Crippen LogP contribution in [0.2, 0.25) is 0 Å². The van der Waals surface area contributed by atoms with Gasteiger partial charge in [0.25, 0.3) is 0 Å². The Morgan fingerprint density at radius 1 is 0.667 bits per heavy atom. The minimum atomic E-state index is -0.887. The second-order valence-electron chi connectivity index (χ2n) is 9.97. The van der Waals surface area contributed by atoms with E-state index >= 15 is 0 Å². The average molecular weight is 638 g/mol. The molecule has 0 aliphatic rings. The summed E-state index contributed by atoms with van der Waals surface area (Å²) in [6, 6.07) is 0. The van der Waals surface area contributed by atoms with Gasteiger partial charge in [-0.2, -0.15) is 0 Å². The van der Waals surface area contributed by atoms with Crippen molar-refractivity contribution in [3.8, 4) is 0 Å². The quantitative estimate of drug-likeness (QED) is 0.0506. The van der Waals surface area contributed by atoms with Crippen molar-refractivity contribution in [3.05, 3.63) is 24.3 Å². The molecule has 0 spiro atoms. The molecule has 0 saturated carbocycles. The first-order valence-electron chi connectivity index (χ1n) is 14.9. The van der Waals surface area contributed by atoms with Gasteiger partial charge in [-0.15, -0.1) is 23.2 Å². The van der Waals surface area contributed by atoms with Crippen LogP contribution < -0.4 is 10.6 Å². The second-order valence-corrected chi connectivity index (χ2v) is 10.5. The minimum Gasteiger partial charge on any atom is -0.459 e. The molecule has 0 aliphatic heterocycles. The van der Waals surface area contributed by atoms with Crippen molar-refractivity contribution in [2.45, 2.75) is 115 Å². The van der Waals surface area contributed by atoms with Gasteiger partial charge in [-0.3, -0.25) is 19.2 Å². The molecule has 2 amide bonds. The van der Waals surface area contributed by atoms with E-state index in [9.17, 15) is 29.4 Å². The van der Waals surface area contributed by atoms with Crippen LogP contribution >= 0.6 is 23.2 Å². The molecule has 242 valence electrons. The first-order chi connectivity index (χ1) is 20.2. The summed E-state index contributed by atoms with van der Waals surface area (Å²) >= 11 is 11.0. The van der Waals surface area contributed by atoms with E-state index in [2.05, 4.69) is 24.5 Å². The van der Waals surface area contributed by atoms with E-state index in [0.717, 1.165) is 38.5 Å². The van der Waals surface area contributed by atoms with Crippen molar-refractivity contribution in [2.24, 2.45) is 0 Å².